The van der Waals surface area contributed by atoms with Crippen LogP contribution in [-0.2, 0) is 15.3 Å². The van der Waals surface area contributed by atoms with Gasteiger partial charge in [0, 0.05) is 15.1 Å². The molecule has 0 aliphatic carbocycles. The Morgan fingerprint density at radius 1 is 1.47 bits per heavy atom. The zero-order valence-corrected chi connectivity index (χ0v) is 11.9. The van der Waals surface area contributed by atoms with Gasteiger partial charge in [0.05, 0.1) is 0 Å². The summed E-state index contributed by atoms with van der Waals surface area (Å²) in [4.78, 5) is 20.9. The number of carboxylic acids is 1. The van der Waals surface area contributed by atoms with Crippen molar-refractivity contribution in [3.05, 3.63) is 33.4 Å². The number of carbonyl (C=O) groups is 2. The van der Waals surface area contributed by atoms with Crippen LogP contribution in [0.5, 0.6) is 0 Å². The maximum Gasteiger partial charge on any atom is 0.327 e. The van der Waals surface area contributed by atoms with Gasteiger partial charge in [0.1, 0.15) is 6.04 Å². The van der Waals surface area contributed by atoms with Crippen LogP contribution >= 0.6 is 34.4 Å². The molecule has 0 aliphatic rings. The maximum absolute atomic E-state index is 10.7. The van der Waals surface area contributed by atoms with E-state index in [9.17, 15) is 9.59 Å². The lowest BCUT2D eigenvalue weighted by Crippen LogP contribution is -2.37. The summed E-state index contributed by atoms with van der Waals surface area (Å²) >= 11 is 3.71. The summed E-state index contributed by atoms with van der Waals surface area (Å²) in [6.07, 6.45) is 0.421. The average Bonchev–Trinajstić information content (AvgIpc) is 2.30. The third kappa shape index (κ3) is 5.40. The fourth-order valence-electron chi connectivity index (χ4n) is 1.15. The van der Waals surface area contributed by atoms with E-state index in [-0.39, 0.29) is 0 Å². The molecule has 1 amide bonds. The summed E-state index contributed by atoms with van der Waals surface area (Å²) in [5.41, 5.74) is 1.14. The second kappa shape index (κ2) is 7.54. The summed E-state index contributed by atoms with van der Waals surface area (Å²) in [5.74, 6) is 0.0913. The first-order valence-corrected chi connectivity index (χ1v) is 7.11. The van der Waals surface area contributed by atoms with Crippen molar-refractivity contribution in [1.82, 2.24) is 5.32 Å². The van der Waals surface area contributed by atoms with E-state index in [0.29, 0.717) is 12.2 Å². The van der Waals surface area contributed by atoms with Crippen LogP contribution in [0.25, 0.3) is 0 Å². The number of hydrogen-bond acceptors (Lipinski definition) is 3. The molecule has 1 rings (SSSR count). The summed E-state index contributed by atoms with van der Waals surface area (Å²) in [6, 6.07) is 7.22. The molecule has 0 radical (unpaired) electrons. The predicted octanol–water partition coefficient (Wildman–Crippen LogP) is 1.72. The van der Waals surface area contributed by atoms with Gasteiger partial charge in [-0.25, -0.2) is 4.79 Å². The second-order valence-corrected chi connectivity index (χ2v) is 5.59. The van der Waals surface area contributed by atoms with E-state index in [4.69, 9.17) is 5.11 Å². The van der Waals surface area contributed by atoms with Gasteiger partial charge in [0.25, 0.3) is 0 Å². The molecule has 0 spiro atoms. The zero-order valence-electron chi connectivity index (χ0n) is 8.93. The molecule has 0 aromatic heterocycles. The van der Waals surface area contributed by atoms with Crippen molar-refractivity contribution in [3.63, 3.8) is 0 Å². The Hall–Kier alpha value is -0.760. The molecule has 1 unspecified atom stereocenters. The normalized spacial score (nSPS) is 11.8. The molecular formula is C11H12INO3S. The molecule has 1 aromatic carbocycles. The van der Waals surface area contributed by atoms with Crippen LogP contribution in [-0.4, -0.2) is 29.3 Å². The number of hydrogen-bond donors (Lipinski definition) is 2. The number of benzene rings is 1. The van der Waals surface area contributed by atoms with Crippen molar-refractivity contribution in [2.45, 2.75) is 11.8 Å². The van der Waals surface area contributed by atoms with Crippen molar-refractivity contribution < 1.29 is 14.7 Å². The predicted molar refractivity (Wildman–Crippen MR) is 75.9 cm³/mol. The number of carbonyl (C=O) groups excluding carboxylic acids is 1. The Morgan fingerprint density at radius 2 is 2.12 bits per heavy atom. The van der Waals surface area contributed by atoms with Crippen molar-refractivity contribution in [2.24, 2.45) is 0 Å². The average molecular weight is 365 g/mol. The van der Waals surface area contributed by atoms with Gasteiger partial charge in [0.15, 0.2) is 0 Å². The molecule has 1 atom stereocenters. The van der Waals surface area contributed by atoms with Gasteiger partial charge in [-0.15, -0.1) is 0 Å². The van der Waals surface area contributed by atoms with Crippen molar-refractivity contribution >= 4 is 46.7 Å². The van der Waals surface area contributed by atoms with Crippen LogP contribution in [0.4, 0.5) is 0 Å². The molecule has 0 heterocycles. The third-order valence-electron chi connectivity index (χ3n) is 2.03. The number of carboxylic acid groups (broad SMARTS) is 1. The van der Waals surface area contributed by atoms with E-state index in [2.05, 4.69) is 27.9 Å². The lowest BCUT2D eigenvalue weighted by atomic mass is 10.2. The van der Waals surface area contributed by atoms with E-state index >= 15 is 0 Å². The van der Waals surface area contributed by atoms with Gasteiger partial charge in [-0.05, 0) is 40.3 Å². The molecular weight excluding hydrogens is 353 g/mol. The molecule has 17 heavy (non-hydrogen) atoms. The van der Waals surface area contributed by atoms with E-state index in [1.165, 1.54) is 15.3 Å². The van der Waals surface area contributed by atoms with E-state index in [1.54, 1.807) is 0 Å². The fourth-order valence-corrected chi connectivity index (χ4v) is 2.53. The second-order valence-electron chi connectivity index (χ2n) is 3.32. The third-order valence-corrected chi connectivity index (χ3v) is 3.86. The molecule has 0 aliphatic heterocycles. The van der Waals surface area contributed by atoms with Crippen LogP contribution in [0.3, 0.4) is 0 Å². The standard InChI is InChI=1S/C11H12INO3S/c12-9-3-1-8(2-4-9)5-17-6-10(11(15)16)13-7-14/h1-4,7,10H,5-6H2,(H,13,14)(H,15,16). The molecule has 0 saturated carbocycles. The molecule has 0 fully saturated rings. The Morgan fingerprint density at radius 3 is 2.65 bits per heavy atom. The smallest absolute Gasteiger partial charge is 0.327 e. The minimum absolute atomic E-state index is 0.361. The van der Waals surface area contributed by atoms with E-state index in [0.717, 1.165) is 11.3 Å². The molecule has 92 valence electrons. The number of halogens is 1. The van der Waals surface area contributed by atoms with Crippen LogP contribution in [0.2, 0.25) is 0 Å². The zero-order chi connectivity index (χ0) is 12.7. The number of nitrogens with one attached hydrogen (secondary N) is 1. The van der Waals surface area contributed by atoms with Gasteiger partial charge in [0.2, 0.25) is 6.41 Å². The van der Waals surface area contributed by atoms with Crippen LogP contribution in [0.1, 0.15) is 5.56 Å². The van der Waals surface area contributed by atoms with Crippen molar-refractivity contribution in [1.29, 1.82) is 0 Å². The fraction of sp³-hybridized carbons (Fsp3) is 0.273. The molecule has 4 nitrogen and oxygen atoms in total. The van der Waals surface area contributed by atoms with Gasteiger partial charge in [-0.1, -0.05) is 12.1 Å². The highest BCUT2D eigenvalue weighted by molar-refractivity contribution is 14.1. The SMILES string of the molecule is O=CNC(CSCc1ccc(I)cc1)C(=O)O. The Kier molecular flexibility index (Phi) is 6.35. The Labute approximate surface area is 117 Å². The monoisotopic (exact) mass is 365 g/mol. The highest BCUT2D eigenvalue weighted by Gasteiger charge is 2.15. The largest absolute Gasteiger partial charge is 0.480 e. The van der Waals surface area contributed by atoms with Crippen molar-refractivity contribution in [3.8, 4) is 0 Å². The summed E-state index contributed by atoms with van der Waals surface area (Å²) in [5, 5.41) is 11.1. The van der Waals surface area contributed by atoms with Crippen molar-refractivity contribution in [2.75, 3.05) is 5.75 Å². The lowest BCUT2D eigenvalue weighted by Gasteiger charge is -2.10. The number of aliphatic carboxylic acids is 1. The van der Waals surface area contributed by atoms with Crippen LogP contribution in [0, 0.1) is 3.57 Å². The minimum atomic E-state index is -1.01. The summed E-state index contributed by atoms with van der Waals surface area (Å²) < 4.78 is 1.17. The van der Waals surface area contributed by atoms with Gasteiger partial charge in [-0.3, -0.25) is 4.79 Å². The number of thioether (sulfide) groups is 1. The molecule has 0 saturated heterocycles. The Balaban J connectivity index is 2.37. The molecule has 0 bridgehead atoms. The van der Waals surface area contributed by atoms with Crippen LogP contribution in [0.15, 0.2) is 24.3 Å². The first-order chi connectivity index (χ1) is 8.13. The first kappa shape index (κ1) is 14.3. The van der Waals surface area contributed by atoms with E-state index in [1.807, 2.05) is 24.3 Å². The van der Waals surface area contributed by atoms with Gasteiger partial charge >= 0.3 is 5.97 Å². The Bertz CT molecular complexity index is 383. The maximum atomic E-state index is 10.7. The number of rotatable bonds is 7. The van der Waals surface area contributed by atoms with Gasteiger partial charge < -0.3 is 10.4 Å². The topological polar surface area (TPSA) is 66.4 Å². The summed E-state index contributed by atoms with van der Waals surface area (Å²) in [6.45, 7) is 0. The lowest BCUT2D eigenvalue weighted by molar-refractivity contribution is -0.139. The van der Waals surface area contributed by atoms with Crippen LogP contribution < -0.4 is 5.32 Å². The quantitative estimate of drug-likeness (QED) is 0.571. The highest BCUT2D eigenvalue weighted by Crippen LogP contribution is 2.14. The molecule has 1 aromatic rings. The minimum Gasteiger partial charge on any atom is -0.480 e. The van der Waals surface area contributed by atoms with E-state index < -0.39 is 12.0 Å². The van der Waals surface area contributed by atoms with Gasteiger partial charge in [-0.2, -0.15) is 11.8 Å². The molecule has 2 N–H and O–H groups in total. The number of amides is 1. The molecule has 6 heteroatoms. The first-order valence-electron chi connectivity index (χ1n) is 4.88. The highest BCUT2D eigenvalue weighted by atomic mass is 127. The summed E-state index contributed by atoms with van der Waals surface area (Å²) in [7, 11) is 0.